The summed E-state index contributed by atoms with van der Waals surface area (Å²) < 4.78 is 83.3. The maximum atomic E-state index is 14.1. The fourth-order valence-corrected chi connectivity index (χ4v) is 5.57. The van der Waals surface area contributed by atoms with Crippen LogP contribution in [0.25, 0.3) is 22.2 Å². The monoisotopic (exact) mass is 518 g/mol. The summed E-state index contributed by atoms with van der Waals surface area (Å²) in [6.45, 7) is 0.0471. The Bertz CT molecular complexity index is 1320. The lowest BCUT2D eigenvalue weighted by molar-refractivity contribution is -0.146. The summed E-state index contributed by atoms with van der Waals surface area (Å²) in [5.41, 5.74) is 6.07. The van der Waals surface area contributed by atoms with Crippen LogP contribution in [0.4, 0.5) is 17.6 Å². The third kappa shape index (κ3) is 4.97. The lowest BCUT2D eigenvalue weighted by Crippen LogP contribution is -2.27. The maximum absolute atomic E-state index is 14.1. The van der Waals surface area contributed by atoms with E-state index in [1.165, 1.54) is 28.6 Å². The zero-order chi connectivity index (χ0) is 23.8. The lowest BCUT2D eigenvalue weighted by Gasteiger charge is -2.16. The Hall–Kier alpha value is -2.47. The van der Waals surface area contributed by atoms with Crippen molar-refractivity contribution in [2.45, 2.75) is 30.5 Å². The van der Waals surface area contributed by atoms with E-state index in [0.29, 0.717) is 24.2 Å². The predicted molar refractivity (Wildman–Crippen MR) is 124 cm³/mol. The molecular formula is C22H23ClF4N4O2S. The molecule has 2 heterocycles. The van der Waals surface area contributed by atoms with Gasteiger partial charge in [0.25, 0.3) is 0 Å². The van der Waals surface area contributed by atoms with Crippen molar-refractivity contribution in [1.82, 2.24) is 13.9 Å². The molecule has 3 aromatic rings. The second kappa shape index (κ2) is 10.0. The summed E-state index contributed by atoms with van der Waals surface area (Å²) in [4.78, 5) is 3.86. The molecule has 2 aromatic carbocycles. The Labute approximate surface area is 200 Å². The molecule has 1 saturated heterocycles. The number of hydrogen-bond donors (Lipinski definition) is 1. The second-order valence-corrected chi connectivity index (χ2v) is 9.66. The van der Waals surface area contributed by atoms with Crippen LogP contribution in [0.2, 0.25) is 0 Å². The van der Waals surface area contributed by atoms with Gasteiger partial charge in [0.15, 0.2) is 0 Å². The van der Waals surface area contributed by atoms with Gasteiger partial charge in [-0.25, -0.2) is 17.8 Å². The van der Waals surface area contributed by atoms with E-state index in [2.05, 4.69) is 4.98 Å². The van der Waals surface area contributed by atoms with Crippen LogP contribution in [-0.2, 0) is 22.7 Å². The van der Waals surface area contributed by atoms with Crippen molar-refractivity contribution >= 4 is 33.5 Å². The Balaban J connectivity index is 0.00000324. The van der Waals surface area contributed by atoms with Gasteiger partial charge >= 0.3 is 6.18 Å². The quantitative estimate of drug-likeness (QED) is 0.478. The third-order valence-corrected chi connectivity index (χ3v) is 7.42. The molecule has 184 valence electrons. The Morgan fingerprint density at radius 2 is 1.79 bits per heavy atom. The molecule has 1 aliphatic heterocycles. The van der Waals surface area contributed by atoms with Gasteiger partial charge in [-0.2, -0.15) is 17.5 Å². The number of halogens is 5. The average Bonchev–Trinajstić information content (AvgIpc) is 3.43. The van der Waals surface area contributed by atoms with E-state index in [0.717, 1.165) is 23.5 Å². The predicted octanol–water partition coefficient (Wildman–Crippen LogP) is 4.74. The zero-order valence-electron chi connectivity index (χ0n) is 17.9. The first-order valence-corrected chi connectivity index (χ1v) is 11.8. The van der Waals surface area contributed by atoms with Crippen LogP contribution in [0.15, 0.2) is 59.3 Å². The van der Waals surface area contributed by atoms with Crippen molar-refractivity contribution < 1.29 is 26.0 Å². The van der Waals surface area contributed by atoms with E-state index in [-0.39, 0.29) is 34.9 Å². The van der Waals surface area contributed by atoms with Crippen molar-refractivity contribution in [3.8, 4) is 11.1 Å². The summed E-state index contributed by atoms with van der Waals surface area (Å²) in [7, 11) is -3.71. The minimum Gasteiger partial charge on any atom is -0.327 e. The largest absolute Gasteiger partial charge is 0.449 e. The van der Waals surface area contributed by atoms with Crippen LogP contribution in [0.3, 0.4) is 0 Å². The summed E-state index contributed by atoms with van der Waals surface area (Å²) in [6.07, 6.45) is -2.25. The van der Waals surface area contributed by atoms with E-state index in [1.54, 1.807) is 18.2 Å². The second-order valence-electron chi connectivity index (χ2n) is 7.72. The minimum absolute atomic E-state index is 0. The number of aromatic nitrogens is 2. The van der Waals surface area contributed by atoms with Gasteiger partial charge in [0.1, 0.15) is 5.83 Å². The molecule has 12 heteroatoms. The molecule has 0 spiro atoms. The van der Waals surface area contributed by atoms with Crippen LogP contribution >= 0.6 is 12.4 Å². The van der Waals surface area contributed by atoms with Gasteiger partial charge < -0.3 is 10.3 Å². The van der Waals surface area contributed by atoms with Gasteiger partial charge in [-0.3, -0.25) is 0 Å². The molecule has 0 amide bonds. The third-order valence-electron chi connectivity index (χ3n) is 5.53. The fourth-order valence-electron chi connectivity index (χ4n) is 4.00. The smallest absolute Gasteiger partial charge is 0.327 e. The van der Waals surface area contributed by atoms with Crippen molar-refractivity contribution in [1.29, 1.82) is 0 Å². The highest BCUT2D eigenvalue weighted by Crippen LogP contribution is 2.36. The lowest BCUT2D eigenvalue weighted by atomic mass is 10.0. The van der Waals surface area contributed by atoms with Crippen LogP contribution in [-0.4, -0.2) is 41.9 Å². The highest BCUT2D eigenvalue weighted by Gasteiger charge is 2.38. The molecule has 0 radical (unpaired) electrons. The number of rotatable bonds is 6. The van der Waals surface area contributed by atoms with Crippen LogP contribution in [0.1, 0.15) is 18.7 Å². The van der Waals surface area contributed by atoms with E-state index in [1.807, 2.05) is 0 Å². The number of para-hydroxylation sites is 1. The molecule has 0 saturated carbocycles. The van der Waals surface area contributed by atoms with Crippen LogP contribution in [0.5, 0.6) is 0 Å². The van der Waals surface area contributed by atoms with Crippen molar-refractivity contribution in [3.05, 3.63) is 60.2 Å². The summed E-state index contributed by atoms with van der Waals surface area (Å²) in [5.74, 6) is -2.06. The molecule has 1 aliphatic rings. The number of hydrogen-bond acceptors (Lipinski definition) is 4. The first kappa shape index (κ1) is 26.1. The molecule has 0 atom stereocenters. The van der Waals surface area contributed by atoms with Gasteiger partial charge in [-0.15, -0.1) is 12.4 Å². The number of benzene rings is 2. The fraction of sp³-hybridized carbons (Fsp3) is 0.318. The molecule has 0 aliphatic carbocycles. The Morgan fingerprint density at radius 3 is 2.44 bits per heavy atom. The molecule has 6 nitrogen and oxygen atoms in total. The molecule has 0 bridgehead atoms. The van der Waals surface area contributed by atoms with Gasteiger partial charge in [-0.05, 0) is 42.7 Å². The number of fused-ring (bicyclic) bond motifs is 1. The van der Waals surface area contributed by atoms with Gasteiger partial charge in [-0.1, -0.05) is 24.3 Å². The molecule has 4 rings (SSSR count). The zero-order valence-corrected chi connectivity index (χ0v) is 19.6. The SMILES string of the molecule is Cl.NC/C=C(\F)Cn1c(C(F)(F)F)nc2c(-c3cccc(S(=O)(=O)N4CCCC4)c3)cccc21. The molecule has 1 aromatic heterocycles. The first-order chi connectivity index (χ1) is 15.6. The highest BCUT2D eigenvalue weighted by atomic mass is 35.5. The van der Waals surface area contributed by atoms with E-state index in [9.17, 15) is 26.0 Å². The average molecular weight is 519 g/mol. The first-order valence-electron chi connectivity index (χ1n) is 10.3. The van der Waals surface area contributed by atoms with Crippen molar-refractivity contribution in [2.24, 2.45) is 5.73 Å². The Kier molecular flexibility index (Phi) is 7.71. The number of imidazole rings is 1. The number of allylic oxidation sites excluding steroid dienone is 1. The summed E-state index contributed by atoms with van der Waals surface area (Å²) in [5, 5.41) is 0. The summed E-state index contributed by atoms with van der Waals surface area (Å²) >= 11 is 0. The van der Waals surface area contributed by atoms with Crippen LogP contribution in [0, 0.1) is 0 Å². The van der Waals surface area contributed by atoms with E-state index in [4.69, 9.17) is 5.73 Å². The van der Waals surface area contributed by atoms with Gasteiger partial charge in [0, 0.05) is 25.2 Å². The number of alkyl halides is 3. The van der Waals surface area contributed by atoms with Crippen molar-refractivity contribution in [3.63, 3.8) is 0 Å². The molecule has 0 unspecified atom stereocenters. The normalized spacial score (nSPS) is 15.6. The number of nitrogens with zero attached hydrogens (tertiary/aromatic N) is 3. The van der Waals surface area contributed by atoms with Gasteiger partial charge in [0.05, 0.1) is 22.5 Å². The van der Waals surface area contributed by atoms with E-state index >= 15 is 0 Å². The van der Waals surface area contributed by atoms with Gasteiger partial charge in [0.2, 0.25) is 15.8 Å². The molecule has 1 fully saturated rings. The molecule has 34 heavy (non-hydrogen) atoms. The topological polar surface area (TPSA) is 81.2 Å². The number of nitrogens with two attached hydrogens (primary N) is 1. The molecule has 2 N–H and O–H groups in total. The minimum atomic E-state index is -4.82. The Morgan fingerprint density at radius 1 is 1.12 bits per heavy atom. The maximum Gasteiger partial charge on any atom is 0.449 e. The van der Waals surface area contributed by atoms with Crippen LogP contribution < -0.4 is 5.73 Å². The summed E-state index contributed by atoms with van der Waals surface area (Å²) in [6, 6.07) is 10.6. The highest BCUT2D eigenvalue weighted by molar-refractivity contribution is 7.89. The molecular weight excluding hydrogens is 496 g/mol. The number of sulfonamides is 1. The van der Waals surface area contributed by atoms with Crippen molar-refractivity contribution in [2.75, 3.05) is 19.6 Å². The standard InChI is InChI=1S/C22H22F4N4O2S.ClH/c23-16(9-10-27)14-30-19-8-4-7-18(20(19)28-21(30)22(24,25)26)15-5-3-6-17(13-15)33(31,32)29-11-1-2-12-29;/h3-9,13H,1-2,10-12,14,27H2;1H/b16-9-;. The van der Waals surface area contributed by atoms with E-state index < -0.39 is 34.4 Å².